The predicted octanol–water partition coefficient (Wildman–Crippen LogP) is 2.59. The van der Waals surface area contributed by atoms with E-state index < -0.39 is 18.6 Å². The number of aryl methyl sites for hydroxylation is 1. The number of benzene rings is 1. The quantitative estimate of drug-likeness (QED) is 0.303. The van der Waals surface area contributed by atoms with E-state index in [1.165, 1.54) is 24.0 Å². The van der Waals surface area contributed by atoms with Crippen molar-refractivity contribution in [1.82, 2.24) is 4.90 Å². The SMILES string of the molecule is N[C@@](CCCCB(O)O)(C(=O)O)C1CCN(C2CCCCc3ccccc32)CC1. The third kappa shape index (κ3) is 5.40. The van der Waals surface area contributed by atoms with Gasteiger partial charge in [0, 0.05) is 6.04 Å². The zero-order chi connectivity index (χ0) is 20.9. The summed E-state index contributed by atoms with van der Waals surface area (Å²) in [5, 5.41) is 27.8. The zero-order valence-electron chi connectivity index (χ0n) is 17.3. The number of nitrogens with two attached hydrogens (primary N) is 1. The lowest BCUT2D eigenvalue weighted by atomic mass is 9.74. The monoisotopic (exact) mass is 402 g/mol. The van der Waals surface area contributed by atoms with E-state index in [0.29, 0.717) is 25.3 Å². The Balaban J connectivity index is 1.62. The number of aliphatic carboxylic acids is 1. The lowest BCUT2D eigenvalue weighted by Crippen LogP contribution is -2.57. The maximum Gasteiger partial charge on any atom is 0.451 e. The van der Waals surface area contributed by atoms with Crippen LogP contribution in [0, 0.1) is 5.92 Å². The Morgan fingerprint density at radius 3 is 2.55 bits per heavy atom. The number of rotatable bonds is 8. The van der Waals surface area contributed by atoms with Crippen LogP contribution in [0.1, 0.15) is 68.5 Å². The molecule has 1 saturated heterocycles. The topological polar surface area (TPSA) is 107 Å². The van der Waals surface area contributed by atoms with Gasteiger partial charge in [0.05, 0.1) is 0 Å². The molecular formula is C22H35BN2O4. The summed E-state index contributed by atoms with van der Waals surface area (Å²) < 4.78 is 0. The number of hydrogen-bond donors (Lipinski definition) is 4. The van der Waals surface area contributed by atoms with Crippen LogP contribution in [0.15, 0.2) is 24.3 Å². The molecule has 29 heavy (non-hydrogen) atoms. The highest BCUT2D eigenvalue weighted by atomic mass is 16.4. The van der Waals surface area contributed by atoms with Crippen molar-refractivity contribution < 1.29 is 19.9 Å². The maximum atomic E-state index is 12.0. The largest absolute Gasteiger partial charge is 0.480 e. The number of carboxylic acid groups (broad SMARTS) is 1. The minimum atomic E-state index is -1.34. The van der Waals surface area contributed by atoms with Crippen LogP contribution in [0.2, 0.25) is 6.32 Å². The number of hydrogen-bond acceptors (Lipinski definition) is 5. The molecule has 160 valence electrons. The van der Waals surface area contributed by atoms with E-state index in [9.17, 15) is 9.90 Å². The van der Waals surface area contributed by atoms with Crippen LogP contribution in [-0.2, 0) is 11.2 Å². The first-order valence-electron chi connectivity index (χ1n) is 11.1. The second-order valence-corrected chi connectivity index (χ2v) is 8.84. The van der Waals surface area contributed by atoms with Crippen molar-refractivity contribution in [3.05, 3.63) is 35.4 Å². The third-order valence-corrected chi connectivity index (χ3v) is 6.99. The third-order valence-electron chi connectivity index (χ3n) is 6.99. The molecule has 1 aromatic carbocycles. The molecule has 3 rings (SSSR count). The van der Waals surface area contributed by atoms with Crippen LogP contribution in [0.5, 0.6) is 0 Å². The van der Waals surface area contributed by atoms with Gasteiger partial charge in [-0.2, -0.15) is 0 Å². The summed E-state index contributed by atoms with van der Waals surface area (Å²) in [6, 6.07) is 9.19. The van der Waals surface area contributed by atoms with Crippen LogP contribution < -0.4 is 5.73 Å². The van der Waals surface area contributed by atoms with Crippen molar-refractivity contribution in [1.29, 1.82) is 0 Å². The van der Waals surface area contributed by atoms with E-state index in [2.05, 4.69) is 29.2 Å². The van der Waals surface area contributed by atoms with E-state index in [1.54, 1.807) is 0 Å². The fourth-order valence-corrected chi connectivity index (χ4v) is 5.23. The smallest absolute Gasteiger partial charge is 0.451 e. The first kappa shape index (κ1) is 22.3. The van der Waals surface area contributed by atoms with Gasteiger partial charge in [-0.1, -0.05) is 43.5 Å². The Hall–Kier alpha value is -1.41. The average molecular weight is 402 g/mol. The number of fused-ring (bicyclic) bond motifs is 1. The summed E-state index contributed by atoms with van der Waals surface area (Å²) in [6.45, 7) is 1.76. The number of piperidine rings is 1. The Morgan fingerprint density at radius 1 is 1.14 bits per heavy atom. The van der Waals surface area contributed by atoms with Gasteiger partial charge in [-0.3, -0.25) is 9.69 Å². The van der Waals surface area contributed by atoms with E-state index >= 15 is 0 Å². The molecule has 1 aromatic rings. The Kier molecular flexibility index (Phi) is 7.74. The molecule has 1 unspecified atom stereocenters. The van der Waals surface area contributed by atoms with Gasteiger partial charge >= 0.3 is 13.1 Å². The molecule has 2 aliphatic rings. The van der Waals surface area contributed by atoms with Crippen molar-refractivity contribution in [2.45, 2.75) is 75.7 Å². The molecule has 6 nitrogen and oxygen atoms in total. The second-order valence-electron chi connectivity index (χ2n) is 8.84. The molecule has 0 spiro atoms. The number of likely N-dealkylation sites (tertiary alicyclic amines) is 1. The molecule has 7 heteroatoms. The lowest BCUT2D eigenvalue weighted by molar-refractivity contribution is -0.147. The van der Waals surface area contributed by atoms with Crippen LogP contribution in [0.4, 0.5) is 0 Å². The van der Waals surface area contributed by atoms with Crippen molar-refractivity contribution >= 4 is 13.1 Å². The second kappa shape index (κ2) is 10.1. The van der Waals surface area contributed by atoms with Crippen LogP contribution >= 0.6 is 0 Å². The molecule has 5 N–H and O–H groups in total. The van der Waals surface area contributed by atoms with Gasteiger partial charge in [0.25, 0.3) is 0 Å². The van der Waals surface area contributed by atoms with E-state index in [1.807, 2.05) is 0 Å². The van der Waals surface area contributed by atoms with Crippen LogP contribution in [0.25, 0.3) is 0 Å². The Labute approximate surface area is 174 Å². The minimum Gasteiger partial charge on any atom is -0.480 e. The van der Waals surface area contributed by atoms with E-state index in [0.717, 1.165) is 38.8 Å². The lowest BCUT2D eigenvalue weighted by Gasteiger charge is -2.43. The van der Waals surface area contributed by atoms with E-state index in [4.69, 9.17) is 15.8 Å². The fraction of sp³-hybridized carbons (Fsp3) is 0.682. The van der Waals surface area contributed by atoms with Gasteiger partial charge in [-0.25, -0.2) is 0 Å². The zero-order valence-corrected chi connectivity index (χ0v) is 17.3. The van der Waals surface area contributed by atoms with Gasteiger partial charge in [-0.05, 0) is 75.0 Å². The first-order valence-corrected chi connectivity index (χ1v) is 11.1. The minimum absolute atomic E-state index is 0.0451. The van der Waals surface area contributed by atoms with Gasteiger partial charge in [0.1, 0.15) is 5.54 Å². The summed E-state index contributed by atoms with van der Waals surface area (Å²) in [7, 11) is -1.34. The highest BCUT2D eigenvalue weighted by Gasteiger charge is 2.43. The number of unbranched alkanes of at least 4 members (excludes halogenated alkanes) is 1. The normalized spacial score (nSPS) is 23.1. The van der Waals surface area contributed by atoms with Gasteiger partial charge in [-0.15, -0.1) is 0 Å². The first-order chi connectivity index (χ1) is 13.9. The highest BCUT2D eigenvalue weighted by Crippen LogP contribution is 2.38. The van der Waals surface area contributed by atoms with Gasteiger partial charge in [0.15, 0.2) is 0 Å². The molecule has 0 amide bonds. The van der Waals surface area contributed by atoms with Crippen molar-refractivity contribution in [3.8, 4) is 0 Å². The summed E-state index contributed by atoms with van der Waals surface area (Å²) in [4.78, 5) is 14.5. The Bertz CT molecular complexity index is 679. The Morgan fingerprint density at radius 2 is 1.86 bits per heavy atom. The van der Waals surface area contributed by atoms with Crippen LogP contribution in [0.3, 0.4) is 0 Å². The van der Waals surface area contributed by atoms with Crippen molar-refractivity contribution in [3.63, 3.8) is 0 Å². The summed E-state index contributed by atoms with van der Waals surface area (Å²) in [6.07, 6.45) is 8.17. The molecule has 0 radical (unpaired) electrons. The number of nitrogens with zero attached hydrogens (tertiary/aromatic N) is 1. The van der Waals surface area contributed by atoms with E-state index in [-0.39, 0.29) is 12.2 Å². The number of carbonyl (C=O) groups is 1. The standard InChI is InChI=1S/C22H35BN2O4/c24-22(21(26)27,13-5-6-14-23(28)29)18-11-15-25(16-12-18)20-10-4-2-8-17-7-1-3-9-19(17)20/h1,3,7,9,18,20,28-29H,2,4-6,8,10-16,24H2,(H,26,27)/t20?,22-/m1/s1. The molecule has 1 fully saturated rings. The van der Waals surface area contributed by atoms with Gasteiger partial charge in [0.2, 0.25) is 0 Å². The molecular weight excluding hydrogens is 367 g/mol. The predicted molar refractivity (Wildman–Crippen MR) is 114 cm³/mol. The molecule has 1 heterocycles. The van der Waals surface area contributed by atoms with Crippen molar-refractivity contribution in [2.75, 3.05) is 13.1 Å². The summed E-state index contributed by atoms with van der Waals surface area (Å²) in [5.74, 6) is -0.975. The molecule has 0 saturated carbocycles. The van der Waals surface area contributed by atoms with Gasteiger partial charge < -0.3 is 20.9 Å². The summed E-state index contributed by atoms with van der Waals surface area (Å²) >= 11 is 0. The maximum absolute atomic E-state index is 12.0. The molecule has 0 bridgehead atoms. The van der Waals surface area contributed by atoms with Crippen molar-refractivity contribution in [2.24, 2.45) is 11.7 Å². The molecule has 2 atom stereocenters. The molecule has 0 aromatic heterocycles. The average Bonchev–Trinajstić information content (AvgIpc) is 2.93. The summed E-state index contributed by atoms with van der Waals surface area (Å²) in [5.41, 5.74) is 8.09. The number of carboxylic acids is 1. The highest BCUT2D eigenvalue weighted by molar-refractivity contribution is 6.40. The van der Waals surface area contributed by atoms with Crippen LogP contribution in [-0.4, -0.2) is 51.8 Å². The fourth-order valence-electron chi connectivity index (χ4n) is 5.23. The molecule has 1 aliphatic carbocycles. The molecule has 1 aliphatic heterocycles.